The molecule has 0 saturated heterocycles. The molecule has 1 aromatic heterocycles. The summed E-state index contributed by atoms with van der Waals surface area (Å²) in [5.41, 5.74) is 2.79. The van der Waals surface area contributed by atoms with Crippen LogP contribution in [0.25, 0.3) is 27.7 Å². The average molecular weight is 564 g/mol. The monoisotopic (exact) mass is 563 g/mol. The maximum absolute atomic E-state index is 11.0. The van der Waals surface area contributed by atoms with Crippen LogP contribution in [0, 0.1) is 0 Å². The molecule has 0 saturated carbocycles. The van der Waals surface area contributed by atoms with E-state index in [1.165, 1.54) is 0 Å². The number of halogens is 2. The number of aldehydes is 1. The molecule has 4 aromatic carbocycles. The third-order valence-electron chi connectivity index (χ3n) is 5.80. The molecule has 0 amide bonds. The summed E-state index contributed by atoms with van der Waals surface area (Å²) in [6, 6.07) is 24.1. The van der Waals surface area contributed by atoms with E-state index in [9.17, 15) is 4.79 Å². The first-order chi connectivity index (χ1) is 19.0. The normalized spacial score (nSPS) is 10.6. The second-order valence-electron chi connectivity index (χ2n) is 8.41. The van der Waals surface area contributed by atoms with Crippen LogP contribution in [0.5, 0.6) is 17.2 Å². The predicted molar refractivity (Wildman–Crippen MR) is 156 cm³/mol. The van der Waals surface area contributed by atoms with Crippen LogP contribution in [0.3, 0.4) is 0 Å². The molecule has 0 aliphatic carbocycles. The number of carbonyl (C=O) groups excluding carboxylic acids is 1. The van der Waals surface area contributed by atoms with Gasteiger partial charge in [-0.1, -0.05) is 41.4 Å². The minimum atomic E-state index is 0.233. The zero-order chi connectivity index (χ0) is 27.8. The molecule has 1 heterocycles. The number of ether oxygens (including phenoxy) is 2. The molecule has 0 fully saturated rings. The number of nitrogens with one attached hydrogen (secondary N) is 1. The van der Waals surface area contributed by atoms with Crippen molar-refractivity contribution in [2.45, 2.75) is 0 Å². The smallest absolute Gasteiger partial charge is 0.173 e. The van der Waals surface area contributed by atoms with Gasteiger partial charge in [0.05, 0.1) is 30.6 Å². The Morgan fingerprint density at radius 2 is 1.67 bits per heavy atom. The summed E-state index contributed by atoms with van der Waals surface area (Å²) in [5, 5.41) is 18.5. The van der Waals surface area contributed by atoms with Gasteiger partial charge in [-0.2, -0.15) is 5.10 Å². The summed E-state index contributed by atoms with van der Waals surface area (Å²) < 4.78 is 13.3. The molecule has 0 spiro atoms. The van der Waals surface area contributed by atoms with Crippen LogP contribution in [-0.2, 0) is 0 Å². The highest BCUT2D eigenvalue weighted by atomic mass is 35.5. The van der Waals surface area contributed by atoms with Crippen LogP contribution >= 0.6 is 23.2 Å². The van der Waals surface area contributed by atoms with Gasteiger partial charge in [0.1, 0.15) is 23.5 Å². The third kappa shape index (κ3) is 6.77. The quantitative estimate of drug-likeness (QED) is 0.202. The van der Waals surface area contributed by atoms with Gasteiger partial charge < -0.3 is 19.9 Å². The number of nitrogens with zero attached hydrogens (tertiary/aromatic N) is 2. The Morgan fingerprint density at radius 3 is 2.33 bits per heavy atom. The highest BCUT2D eigenvalue weighted by molar-refractivity contribution is 6.34. The lowest BCUT2D eigenvalue weighted by atomic mass is 10.0. The standard InChI is InChI=1S/C27H18Cl2N2O3.C3H9NO/c1-33-23-10-6-18-12-20(5-4-19(18)13-23)27-26(34-22-8-2-17(16-32)3-9-22)15-30-31(27)25-14-21(28)7-11-24(25)29;1-4-2-3-5/h2-16H,1H3;4-5H,2-3H2,1H3. The predicted octanol–water partition coefficient (Wildman–Crippen LogP) is 6.81. The lowest BCUT2D eigenvalue weighted by molar-refractivity contribution is 0.112. The highest BCUT2D eigenvalue weighted by Gasteiger charge is 2.19. The zero-order valence-corrected chi connectivity index (χ0v) is 22.9. The third-order valence-corrected chi connectivity index (χ3v) is 6.35. The number of hydrogen-bond donors (Lipinski definition) is 2. The fourth-order valence-electron chi connectivity index (χ4n) is 3.85. The number of rotatable bonds is 8. The molecule has 0 unspecified atom stereocenters. The minimum absolute atomic E-state index is 0.233. The number of methoxy groups -OCH3 is 1. The molecule has 5 rings (SSSR count). The largest absolute Gasteiger partial charge is 0.497 e. The van der Waals surface area contributed by atoms with Gasteiger partial charge in [-0.25, -0.2) is 4.68 Å². The summed E-state index contributed by atoms with van der Waals surface area (Å²) in [6.45, 7) is 0.927. The molecule has 0 atom stereocenters. The van der Waals surface area contributed by atoms with Crippen molar-refractivity contribution in [1.82, 2.24) is 15.1 Å². The second-order valence-corrected chi connectivity index (χ2v) is 9.25. The maximum Gasteiger partial charge on any atom is 0.173 e. The lowest BCUT2D eigenvalue weighted by Crippen LogP contribution is -2.10. The zero-order valence-electron chi connectivity index (χ0n) is 21.4. The van der Waals surface area contributed by atoms with Crippen LogP contribution in [0.1, 0.15) is 10.4 Å². The molecular formula is C30H27Cl2N3O4. The number of carbonyl (C=O) groups is 1. The van der Waals surface area contributed by atoms with Crippen molar-refractivity contribution < 1.29 is 19.4 Å². The summed E-state index contributed by atoms with van der Waals surface area (Å²) in [7, 11) is 3.45. The minimum Gasteiger partial charge on any atom is -0.497 e. The Hall–Kier alpha value is -3.88. The molecule has 0 bridgehead atoms. The van der Waals surface area contributed by atoms with Crippen molar-refractivity contribution in [2.75, 3.05) is 27.3 Å². The average Bonchev–Trinajstić information content (AvgIpc) is 3.38. The Balaban J connectivity index is 0.000000648. The van der Waals surface area contributed by atoms with E-state index in [0.717, 1.165) is 28.4 Å². The van der Waals surface area contributed by atoms with Crippen LogP contribution in [0.4, 0.5) is 0 Å². The topological polar surface area (TPSA) is 85.6 Å². The Morgan fingerprint density at radius 1 is 0.949 bits per heavy atom. The molecule has 9 heteroatoms. The highest BCUT2D eigenvalue weighted by Crippen LogP contribution is 2.38. The molecule has 0 aliphatic heterocycles. The lowest BCUT2D eigenvalue weighted by Gasteiger charge is -2.13. The number of aliphatic hydroxyl groups is 1. The summed E-state index contributed by atoms with van der Waals surface area (Å²) in [6.07, 6.45) is 2.43. The van der Waals surface area contributed by atoms with E-state index in [0.29, 0.717) is 45.0 Å². The number of aromatic nitrogens is 2. The molecule has 200 valence electrons. The van der Waals surface area contributed by atoms with E-state index >= 15 is 0 Å². The second kappa shape index (κ2) is 13.3. The van der Waals surface area contributed by atoms with Crippen LogP contribution in [0.2, 0.25) is 10.0 Å². The number of fused-ring (bicyclic) bond motifs is 1. The molecule has 5 aromatic rings. The van der Waals surface area contributed by atoms with Gasteiger partial charge in [-0.15, -0.1) is 0 Å². The van der Waals surface area contributed by atoms with E-state index in [-0.39, 0.29) is 6.61 Å². The van der Waals surface area contributed by atoms with E-state index in [4.69, 9.17) is 37.8 Å². The number of benzene rings is 4. The first kappa shape index (κ1) is 28.1. The van der Waals surface area contributed by atoms with Gasteiger partial charge >= 0.3 is 0 Å². The van der Waals surface area contributed by atoms with Crippen molar-refractivity contribution in [3.8, 4) is 34.2 Å². The van der Waals surface area contributed by atoms with E-state index in [2.05, 4.69) is 16.5 Å². The number of hydrogen-bond acceptors (Lipinski definition) is 6. The summed E-state index contributed by atoms with van der Waals surface area (Å²) in [4.78, 5) is 11.0. The molecule has 0 radical (unpaired) electrons. The molecule has 39 heavy (non-hydrogen) atoms. The Labute approximate surface area is 236 Å². The SMILES string of the molecule is CNCCO.COc1ccc2cc(-c3c(Oc4ccc(C=O)cc4)cnn3-c3cc(Cl)ccc3Cl)ccc2c1. The van der Waals surface area contributed by atoms with Gasteiger partial charge in [-0.3, -0.25) is 4.79 Å². The van der Waals surface area contributed by atoms with E-state index in [1.807, 2.05) is 30.3 Å². The van der Waals surface area contributed by atoms with Gasteiger partial charge in [0, 0.05) is 22.7 Å². The van der Waals surface area contributed by atoms with Crippen molar-refractivity contribution >= 4 is 40.3 Å². The van der Waals surface area contributed by atoms with Crippen LogP contribution in [0.15, 0.2) is 85.1 Å². The van der Waals surface area contributed by atoms with Gasteiger partial charge in [0.15, 0.2) is 5.75 Å². The van der Waals surface area contributed by atoms with Crippen molar-refractivity contribution in [2.24, 2.45) is 0 Å². The number of aliphatic hydroxyl groups excluding tert-OH is 1. The molecule has 2 N–H and O–H groups in total. The number of likely N-dealkylation sites (N-methyl/N-ethyl adjacent to an activating group) is 1. The fraction of sp³-hybridized carbons (Fsp3) is 0.133. The summed E-state index contributed by atoms with van der Waals surface area (Å²) in [5.74, 6) is 1.90. The first-order valence-electron chi connectivity index (χ1n) is 12.1. The fourth-order valence-corrected chi connectivity index (χ4v) is 4.22. The van der Waals surface area contributed by atoms with Crippen molar-refractivity contribution in [3.63, 3.8) is 0 Å². The molecule has 0 aliphatic rings. The van der Waals surface area contributed by atoms with E-state index < -0.39 is 0 Å². The van der Waals surface area contributed by atoms with Gasteiger partial charge in [0.2, 0.25) is 0 Å². The van der Waals surface area contributed by atoms with E-state index in [1.54, 1.807) is 67.5 Å². The van der Waals surface area contributed by atoms with Crippen LogP contribution < -0.4 is 14.8 Å². The Bertz CT molecular complexity index is 1570. The molecular weight excluding hydrogens is 537 g/mol. The maximum atomic E-state index is 11.0. The summed E-state index contributed by atoms with van der Waals surface area (Å²) >= 11 is 12.8. The van der Waals surface area contributed by atoms with Gasteiger partial charge in [0.25, 0.3) is 0 Å². The van der Waals surface area contributed by atoms with Crippen molar-refractivity contribution in [3.05, 3.63) is 101 Å². The Kier molecular flexibility index (Phi) is 9.57. The van der Waals surface area contributed by atoms with Gasteiger partial charge in [-0.05, 0) is 78.5 Å². The first-order valence-corrected chi connectivity index (χ1v) is 12.8. The van der Waals surface area contributed by atoms with Crippen molar-refractivity contribution in [1.29, 1.82) is 0 Å². The van der Waals surface area contributed by atoms with Crippen LogP contribution in [-0.4, -0.2) is 48.5 Å². The molecule has 7 nitrogen and oxygen atoms in total.